The second kappa shape index (κ2) is 6.97. The Morgan fingerprint density at radius 1 is 1.21 bits per heavy atom. The Morgan fingerprint density at radius 2 is 1.96 bits per heavy atom. The Hall–Kier alpha value is -2.47. The Bertz CT molecular complexity index is 922. The topological polar surface area (TPSA) is 46.9 Å². The summed E-state index contributed by atoms with van der Waals surface area (Å²) in [6.45, 7) is 2.36. The van der Waals surface area contributed by atoms with Gasteiger partial charge in [0, 0.05) is 29.1 Å². The third-order valence-electron chi connectivity index (χ3n) is 3.63. The molecule has 0 spiro atoms. The first-order chi connectivity index (χ1) is 11.5. The van der Waals surface area contributed by atoms with Gasteiger partial charge in [-0.1, -0.05) is 28.1 Å². The minimum Gasteiger partial charge on any atom is -0.361 e. The molecule has 0 saturated heterocycles. The molecule has 6 heteroatoms. The first-order valence-corrected chi connectivity index (χ1v) is 8.16. The van der Waals surface area contributed by atoms with E-state index in [0.717, 1.165) is 21.3 Å². The van der Waals surface area contributed by atoms with Gasteiger partial charge in [-0.2, -0.15) is 0 Å². The lowest BCUT2D eigenvalue weighted by molar-refractivity contribution is 0.627. The highest BCUT2D eigenvalue weighted by molar-refractivity contribution is 9.10. The van der Waals surface area contributed by atoms with Crippen LogP contribution >= 0.6 is 15.9 Å². The highest BCUT2D eigenvalue weighted by Gasteiger charge is 2.07. The van der Waals surface area contributed by atoms with Crippen LogP contribution in [0.2, 0.25) is 0 Å². The van der Waals surface area contributed by atoms with E-state index >= 15 is 0 Å². The lowest BCUT2D eigenvalue weighted by atomic mass is 10.2. The van der Waals surface area contributed by atoms with E-state index in [1.807, 2.05) is 25.1 Å². The van der Waals surface area contributed by atoms with Crippen molar-refractivity contribution in [1.82, 2.24) is 9.55 Å². The molecule has 0 aliphatic carbocycles. The van der Waals surface area contributed by atoms with E-state index in [-0.39, 0.29) is 17.2 Å². The summed E-state index contributed by atoms with van der Waals surface area (Å²) in [6, 6.07) is 11.8. The van der Waals surface area contributed by atoms with Gasteiger partial charge >= 0.3 is 0 Å². The van der Waals surface area contributed by atoms with Crippen molar-refractivity contribution in [2.75, 3.05) is 5.32 Å². The van der Waals surface area contributed by atoms with Crippen LogP contribution < -0.4 is 10.9 Å². The summed E-state index contributed by atoms with van der Waals surface area (Å²) in [5, 5.41) is 3.01. The number of benzene rings is 2. The van der Waals surface area contributed by atoms with Gasteiger partial charge in [-0.15, -0.1) is 0 Å². The maximum Gasteiger partial charge on any atom is 0.297 e. The third-order valence-corrected chi connectivity index (χ3v) is 4.52. The van der Waals surface area contributed by atoms with E-state index in [4.69, 9.17) is 0 Å². The van der Waals surface area contributed by atoms with Gasteiger partial charge in [0.05, 0.1) is 0 Å². The average Bonchev–Trinajstić information content (AvgIpc) is 2.58. The van der Waals surface area contributed by atoms with Crippen molar-refractivity contribution in [3.05, 3.63) is 86.6 Å². The zero-order valence-electron chi connectivity index (χ0n) is 13.0. The van der Waals surface area contributed by atoms with Crippen molar-refractivity contribution in [3.63, 3.8) is 0 Å². The van der Waals surface area contributed by atoms with Crippen LogP contribution in [0.3, 0.4) is 0 Å². The second-order valence-corrected chi connectivity index (χ2v) is 6.22. The van der Waals surface area contributed by atoms with E-state index < -0.39 is 0 Å². The maximum atomic E-state index is 12.9. The highest BCUT2D eigenvalue weighted by Crippen LogP contribution is 2.18. The normalized spacial score (nSPS) is 10.6. The number of halogens is 2. The number of rotatable bonds is 4. The number of aryl methyl sites for hydroxylation is 1. The fourth-order valence-electron chi connectivity index (χ4n) is 2.30. The predicted octanol–water partition coefficient (Wildman–Crippen LogP) is 4.05. The monoisotopic (exact) mass is 387 g/mol. The van der Waals surface area contributed by atoms with Gasteiger partial charge in [0.25, 0.3) is 5.56 Å². The number of anilines is 1. The summed E-state index contributed by atoms with van der Waals surface area (Å²) in [7, 11) is 0. The summed E-state index contributed by atoms with van der Waals surface area (Å²) < 4.78 is 15.5. The van der Waals surface area contributed by atoms with Gasteiger partial charge in [-0.3, -0.25) is 9.36 Å². The fourth-order valence-corrected chi connectivity index (χ4v) is 2.55. The van der Waals surface area contributed by atoms with Crippen molar-refractivity contribution in [3.8, 4) is 5.69 Å². The Morgan fingerprint density at radius 3 is 2.67 bits per heavy atom. The van der Waals surface area contributed by atoms with Crippen LogP contribution in [-0.4, -0.2) is 9.55 Å². The van der Waals surface area contributed by atoms with E-state index in [1.54, 1.807) is 29.1 Å². The van der Waals surface area contributed by atoms with Gasteiger partial charge in [0.1, 0.15) is 5.82 Å². The van der Waals surface area contributed by atoms with Crippen LogP contribution in [0.1, 0.15) is 11.1 Å². The van der Waals surface area contributed by atoms with Gasteiger partial charge in [0.15, 0.2) is 5.82 Å². The molecule has 0 radical (unpaired) electrons. The van der Waals surface area contributed by atoms with Gasteiger partial charge in [0.2, 0.25) is 0 Å². The van der Waals surface area contributed by atoms with E-state index in [9.17, 15) is 9.18 Å². The molecule has 0 fully saturated rings. The molecule has 1 aromatic heterocycles. The predicted molar refractivity (Wildman–Crippen MR) is 96.0 cm³/mol. The standard InChI is InChI=1S/C18H15BrFN3O/c1-12-10-15(6-7-16(12)19)23-9-8-21-17(18(23)24)22-11-13-2-4-14(20)5-3-13/h2-10H,11H2,1H3,(H,21,22). The first-order valence-electron chi connectivity index (χ1n) is 7.37. The van der Waals surface area contributed by atoms with Gasteiger partial charge in [-0.25, -0.2) is 9.37 Å². The Balaban J connectivity index is 1.86. The Labute approximate surface area is 147 Å². The van der Waals surface area contributed by atoms with Crippen LogP contribution in [0.5, 0.6) is 0 Å². The molecule has 3 rings (SSSR count). The zero-order chi connectivity index (χ0) is 17.1. The molecule has 1 heterocycles. The molecule has 24 heavy (non-hydrogen) atoms. The zero-order valence-corrected chi connectivity index (χ0v) is 14.5. The molecule has 3 aromatic rings. The van der Waals surface area contributed by atoms with Crippen LogP contribution in [0.15, 0.2) is 64.1 Å². The van der Waals surface area contributed by atoms with Crippen LogP contribution in [-0.2, 0) is 6.54 Å². The van der Waals surface area contributed by atoms with Gasteiger partial charge < -0.3 is 5.32 Å². The number of aromatic nitrogens is 2. The van der Waals surface area contributed by atoms with Crippen LogP contribution in [0.25, 0.3) is 5.69 Å². The van der Waals surface area contributed by atoms with E-state index in [0.29, 0.717) is 6.54 Å². The van der Waals surface area contributed by atoms with Crippen molar-refractivity contribution in [2.24, 2.45) is 0 Å². The summed E-state index contributed by atoms with van der Waals surface area (Å²) in [5.41, 5.74) is 2.44. The molecule has 0 aliphatic rings. The molecule has 122 valence electrons. The minimum absolute atomic E-state index is 0.235. The molecule has 0 saturated carbocycles. The summed E-state index contributed by atoms with van der Waals surface area (Å²) in [4.78, 5) is 16.7. The molecule has 0 atom stereocenters. The van der Waals surface area contributed by atoms with Gasteiger partial charge in [-0.05, 0) is 48.4 Å². The molecule has 0 bridgehead atoms. The molecule has 0 aliphatic heterocycles. The first kappa shape index (κ1) is 16.4. The number of nitrogens with one attached hydrogen (secondary N) is 1. The SMILES string of the molecule is Cc1cc(-n2ccnc(NCc3ccc(F)cc3)c2=O)ccc1Br. The Kier molecular flexibility index (Phi) is 4.76. The van der Waals surface area contributed by atoms with Crippen molar-refractivity contribution in [1.29, 1.82) is 0 Å². The minimum atomic E-state index is -0.287. The quantitative estimate of drug-likeness (QED) is 0.734. The fraction of sp³-hybridized carbons (Fsp3) is 0.111. The molecular weight excluding hydrogens is 373 g/mol. The van der Waals surface area contributed by atoms with Crippen LogP contribution in [0, 0.1) is 12.7 Å². The smallest absolute Gasteiger partial charge is 0.297 e. The van der Waals surface area contributed by atoms with Crippen molar-refractivity contribution >= 4 is 21.7 Å². The average molecular weight is 388 g/mol. The molecule has 0 unspecified atom stereocenters. The number of nitrogens with zero attached hydrogens (tertiary/aromatic N) is 2. The van der Waals surface area contributed by atoms with Crippen molar-refractivity contribution < 1.29 is 4.39 Å². The summed E-state index contributed by atoms with van der Waals surface area (Å²) in [5.74, 6) is -0.0352. The molecule has 2 aromatic carbocycles. The molecule has 0 amide bonds. The van der Waals surface area contributed by atoms with Crippen molar-refractivity contribution in [2.45, 2.75) is 13.5 Å². The summed E-state index contributed by atoms with van der Waals surface area (Å²) in [6.07, 6.45) is 3.21. The number of hydrogen-bond donors (Lipinski definition) is 1. The number of hydrogen-bond acceptors (Lipinski definition) is 3. The molecule has 4 nitrogen and oxygen atoms in total. The maximum absolute atomic E-state index is 12.9. The summed E-state index contributed by atoms with van der Waals surface area (Å²) >= 11 is 3.45. The lowest BCUT2D eigenvalue weighted by Gasteiger charge is -2.10. The second-order valence-electron chi connectivity index (χ2n) is 5.36. The van der Waals surface area contributed by atoms with E-state index in [2.05, 4.69) is 26.2 Å². The van der Waals surface area contributed by atoms with Crippen LogP contribution in [0.4, 0.5) is 10.2 Å². The molecule has 1 N–H and O–H groups in total. The van der Waals surface area contributed by atoms with E-state index in [1.165, 1.54) is 12.1 Å². The lowest BCUT2D eigenvalue weighted by Crippen LogP contribution is -2.23. The third kappa shape index (κ3) is 3.54. The highest BCUT2D eigenvalue weighted by atomic mass is 79.9. The largest absolute Gasteiger partial charge is 0.361 e. The molecular formula is C18H15BrFN3O.